The zero-order chi connectivity index (χ0) is 20.2. The lowest BCUT2D eigenvalue weighted by atomic mass is 10.0. The normalized spacial score (nSPS) is 24.9. The summed E-state index contributed by atoms with van der Waals surface area (Å²) in [7, 11) is 0. The molecule has 2 fully saturated rings. The Balaban J connectivity index is 1.41. The fraction of sp³-hybridized carbons (Fsp3) is 0.364. The summed E-state index contributed by atoms with van der Waals surface area (Å²) in [5.74, 6) is -0.432. The van der Waals surface area contributed by atoms with Crippen LogP contribution in [0.1, 0.15) is 31.1 Å². The van der Waals surface area contributed by atoms with E-state index in [2.05, 4.69) is 5.32 Å². The van der Waals surface area contributed by atoms with E-state index in [0.717, 1.165) is 12.0 Å². The highest BCUT2D eigenvalue weighted by Crippen LogP contribution is 2.29. The Labute approximate surface area is 174 Å². The molecule has 2 aromatic rings. The second kappa shape index (κ2) is 8.95. The van der Waals surface area contributed by atoms with Gasteiger partial charge in [-0.15, -0.1) is 0 Å². The van der Waals surface area contributed by atoms with Crippen molar-refractivity contribution in [1.82, 2.24) is 5.32 Å². The van der Waals surface area contributed by atoms with E-state index in [-0.39, 0.29) is 11.8 Å². The van der Waals surface area contributed by atoms with Gasteiger partial charge in [0, 0.05) is 18.5 Å². The van der Waals surface area contributed by atoms with Gasteiger partial charge >= 0.3 is 0 Å². The molecule has 0 radical (unpaired) electrons. The summed E-state index contributed by atoms with van der Waals surface area (Å²) in [5.41, 5.74) is 1.54. The first kappa shape index (κ1) is 19.9. The third kappa shape index (κ3) is 4.45. The van der Waals surface area contributed by atoms with Crippen LogP contribution in [0, 0.1) is 0 Å². The molecule has 0 saturated carbocycles. The molecular weight excluding hydrogens is 392 g/mol. The molecule has 152 valence electrons. The van der Waals surface area contributed by atoms with E-state index in [1.165, 1.54) is 0 Å². The van der Waals surface area contributed by atoms with Crippen molar-refractivity contribution in [2.24, 2.45) is 0 Å². The molecule has 2 heterocycles. The second-order valence-corrected chi connectivity index (χ2v) is 7.58. The molecule has 4 rings (SSSR count). The number of anilines is 1. The van der Waals surface area contributed by atoms with Crippen molar-refractivity contribution in [3.63, 3.8) is 0 Å². The Morgan fingerprint density at radius 1 is 1.07 bits per heavy atom. The summed E-state index contributed by atoms with van der Waals surface area (Å²) in [6.07, 6.45) is 0.587. The molecule has 0 bridgehead atoms. The van der Waals surface area contributed by atoms with E-state index < -0.39 is 18.4 Å². The van der Waals surface area contributed by atoms with Crippen LogP contribution in [0.25, 0.3) is 0 Å². The van der Waals surface area contributed by atoms with E-state index >= 15 is 0 Å². The monoisotopic (exact) mass is 414 g/mol. The molecule has 0 spiro atoms. The quantitative estimate of drug-likeness (QED) is 0.832. The van der Waals surface area contributed by atoms with E-state index in [1.807, 2.05) is 48.5 Å². The minimum atomic E-state index is -0.655. The molecule has 1 N–H and O–H groups in total. The Morgan fingerprint density at radius 2 is 1.83 bits per heavy atom. The van der Waals surface area contributed by atoms with Gasteiger partial charge in [0.25, 0.3) is 0 Å². The maximum Gasteiger partial charge on any atom is 0.250 e. The van der Waals surface area contributed by atoms with Crippen molar-refractivity contribution in [3.05, 3.63) is 65.2 Å². The van der Waals surface area contributed by atoms with Crippen LogP contribution in [0.2, 0.25) is 5.02 Å². The van der Waals surface area contributed by atoms with Gasteiger partial charge in [0.1, 0.15) is 12.1 Å². The first-order chi connectivity index (χ1) is 14.1. The van der Waals surface area contributed by atoms with Gasteiger partial charge in [0.05, 0.1) is 17.3 Å². The minimum absolute atomic E-state index is 0.149. The van der Waals surface area contributed by atoms with Crippen LogP contribution in [0.3, 0.4) is 0 Å². The lowest BCUT2D eigenvalue weighted by Gasteiger charge is -2.35. The van der Waals surface area contributed by atoms with Crippen LogP contribution in [0.5, 0.6) is 0 Å². The largest absolute Gasteiger partial charge is 0.348 e. The van der Waals surface area contributed by atoms with Gasteiger partial charge in [0.15, 0.2) is 6.29 Å². The molecule has 7 heteroatoms. The number of para-hydroxylation sites is 1. The Kier molecular flexibility index (Phi) is 6.13. The first-order valence-corrected chi connectivity index (χ1v) is 10.2. The van der Waals surface area contributed by atoms with Crippen LogP contribution in [0.15, 0.2) is 54.6 Å². The molecule has 2 aliphatic rings. The van der Waals surface area contributed by atoms with Crippen molar-refractivity contribution < 1.29 is 19.1 Å². The summed E-state index contributed by atoms with van der Waals surface area (Å²) >= 11 is 6.26. The maximum absolute atomic E-state index is 13.0. The van der Waals surface area contributed by atoms with Crippen molar-refractivity contribution in [3.8, 4) is 0 Å². The number of piperidine rings is 1. The third-order valence-corrected chi connectivity index (χ3v) is 5.52. The molecule has 2 amide bonds. The fourth-order valence-electron chi connectivity index (χ4n) is 3.70. The molecule has 2 aromatic carbocycles. The standard InChI is InChI=1S/C22H23ClN2O4/c23-16-9-4-5-11-18(16)25-13-6-10-17(21(25)27)24-20(26)19-12-14-28-22(29-19)15-7-2-1-3-8-15/h1-5,7-9,11,17,19,22H,6,10,12-14H2,(H,24,26). The number of hydrogen-bond acceptors (Lipinski definition) is 4. The van der Waals surface area contributed by atoms with Crippen LogP contribution < -0.4 is 10.2 Å². The SMILES string of the molecule is O=C(NC1CCCN(c2ccccc2Cl)C1=O)C1CCOC(c2ccccc2)O1. The molecule has 6 nitrogen and oxygen atoms in total. The average molecular weight is 415 g/mol. The van der Waals surface area contributed by atoms with Crippen LogP contribution in [0.4, 0.5) is 5.69 Å². The Hall–Kier alpha value is -2.41. The van der Waals surface area contributed by atoms with Gasteiger partial charge in [-0.05, 0) is 25.0 Å². The number of rotatable bonds is 4. The highest BCUT2D eigenvalue weighted by Gasteiger charge is 2.35. The highest BCUT2D eigenvalue weighted by atomic mass is 35.5. The minimum Gasteiger partial charge on any atom is -0.348 e. The third-order valence-electron chi connectivity index (χ3n) is 5.20. The lowest BCUT2D eigenvalue weighted by molar-refractivity contribution is -0.217. The van der Waals surface area contributed by atoms with E-state index in [9.17, 15) is 9.59 Å². The number of carbonyl (C=O) groups is 2. The molecule has 0 aromatic heterocycles. The number of hydrogen-bond donors (Lipinski definition) is 1. The van der Waals surface area contributed by atoms with Crippen LogP contribution in [-0.2, 0) is 19.1 Å². The van der Waals surface area contributed by atoms with Gasteiger partial charge in [-0.3, -0.25) is 9.59 Å². The van der Waals surface area contributed by atoms with Crippen molar-refractivity contribution in [2.75, 3.05) is 18.1 Å². The maximum atomic E-state index is 13.0. The predicted octanol–water partition coefficient (Wildman–Crippen LogP) is 3.46. The number of nitrogens with one attached hydrogen (secondary N) is 1. The predicted molar refractivity (Wildman–Crippen MR) is 110 cm³/mol. The molecule has 2 saturated heterocycles. The number of carbonyl (C=O) groups excluding carboxylic acids is 2. The summed E-state index contributed by atoms with van der Waals surface area (Å²) in [5, 5.41) is 3.40. The molecule has 3 atom stereocenters. The number of halogens is 1. The molecule has 0 aliphatic carbocycles. The van der Waals surface area contributed by atoms with Crippen molar-refractivity contribution >= 4 is 29.1 Å². The smallest absolute Gasteiger partial charge is 0.250 e. The zero-order valence-corrected chi connectivity index (χ0v) is 16.7. The van der Waals surface area contributed by atoms with Crippen molar-refractivity contribution in [2.45, 2.75) is 37.7 Å². The lowest BCUT2D eigenvalue weighted by Crippen LogP contribution is -2.55. The molecule has 2 aliphatic heterocycles. The number of amides is 2. The summed E-state index contributed by atoms with van der Waals surface area (Å²) in [6.45, 7) is 1.00. The topological polar surface area (TPSA) is 67.9 Å². The van der Waals surface area contributed by atoms with Gasteiger partial charge in [-0.1, -0.05) is 54.1 Å². The molecule has 3 unspecified atom stereocenters. The fourth-order valence-corrected chi connectivity index (χ4v) is 3.94. The molecular formula is C22H23ClN2O4. The van der Waals surface area contributed by atoms with Gasteiger partial charge in [0.2, 0.25) is 11.8 Å². The van der Waals surface area contributed by atoms with Crippen molar-refractivity contribution in [1.29, 1.82) is 0 Å². The zero-order valence-electron chi connectivity index (χ0n) is 15.9. The summed E-state index contributed by atoms with van der Waals surface area (Å²) < 4.78 is 11.5. The first-order valence-electron chi connectivity index (χ1n) is 9.82. The summed E-state index contributed by atoms with van der Waals surface area (Å²) in [4.78, 5) is 27.4. The van der Waals surface area contributed by atoms with Crippen LogP contribution >= 0.6 is 11.6 Å². The number of benzene rings is 2. The summed E-state index contributed by atoms with van der Waals surface area (Å²) in [6, 6.07) is 16.2. The second-order valence-electron chi connectivity index (χ2n) is 7.17. The average Bonchev–Trinajstić information content (AvgIpc) is 2.76. The van der Waals surface area contributed by atoms with Gasteiger partial charge < -0.3 is 19.7 Å². The Bertz CT molecular complexity index is 876. The van der Waals surface area contributed by atoms with E-state index in [4.69, 9.17) is 21.1 Å². The molecule has 29 heavy (non-hydrogen) atoms. The number of ether oxygens (including phenoxy) is 2. The van der Waals surface area contributed by atoms with Gasteiger partial charge in [-0.25, -0.2) is 0 Å². The highest BCUT2D eigenvalue weighted by molar-refractivity contribution is 6.33. The van der Waals surface area contributed by atoms with E-state index in [0.29, 0.717) is 36.7 Å². The van der Waals surface area contributed by atoms with Gasteiger partial charge in [-0.2, -0.15) is 0 Å². The Morgan fingerprint density at radius 3 is 2.62 bits per heavy atom. The number of nitrogens with zero attached hydrogens (tertiary/aromatic N) is 1. The van der Waals surface area contributed by atoms with E-state index in [1.54, 1.807) is 11.0 Å². The van der Waals surface area contributed by atoms with Crippen LogP contribution in [-0.4, -0.2) is 37.1 Å².